The monoisotopic (exact) mass is 254 g/mol. The predicted molar refractivity (Wildman–Crippen MR) is 63.9 cm³/mol. The number of rotatable bonds is 7. The molecule has 0 saturated carbocycles. The van der Waals surface area contributed by atoms with Crippen LogP contribution in [0.5, 0.6) is 0 Å². The lowest BCUT2D eigenvalue weighted by Crippen LogP contribution is -2.41. The molecule has 0 aromatic carbocycles. The van der Waals surface area contributed by atoms with Crippen LogP contribution in [0.1, 0.15) is 40.0 Å². The molecule has 6 nitrogen and oxygen atoms in total. The minimum atomic E-state index is -1.54. The summed E-state index contributed by atoms with van der Waals surface area (Å²) in [6.07, 6.45) is 2.02. The average molecular weight is 254 g/mol. The molecule has 0 heterocycles. The van der Waals surface area contributed by atoms with Gasteiger partial charge in [-0.3, -0.25) is 4.79 Å². The van der Waals surface area contributed by atoms with Crippen LogP contribution in [0.15, 0.2) is 11.8 Å². The Morgan fingerprint density at radius 3 is 2.28 bits per heavy atom. The number of allylic oxidation sites excluding steroid dienone is 1. The van der Waals surface area contributed by atoms with E-state index in [0.717, 1.165) is 0 Å². The van der Waals surface area contributed by atoms with E-state index in [4.69, 9.17) is 10.4 Å². The van der Waals surface area contributed by atoms with Crippen molar-refractivity contribution >= 4 is 11.9 Å². The molecule has 100 valence electrons. The SMILES string of the molecule is CCC(C#N)=CNOC(=O)C(CC)(CC)C(=O)O. The molecule has 0 aliphatic rings. The fraction of sp³-hybridized carbons (Fsp3) is 0.583. The van der Waals surface area contributed by atoms with Gasteiger partial charge in [0, 0.05) is 11.8 Å². The van der Waals surface area contributed by atoms with Crippen LogP contribution in [0.3, 0.4) is 0 Å². The van der Waals surface area contributed by atoms with Crippen LogP contribution in [0.25, 0.3) is 0 Å². The second-order valence-corrected chi connectivity index (χ2v) is 3.74. The fourth-order valence-electron chi connectivity index (χ4n) is 1.39. The normalized spacial score (nSPS) is 11.6. The number of nitriles is 1. The smallest absolute Gasteiger partial charge is 0.349 e. The largest absolute Gasteiger partial charge is 0.480 e. The highest BCUT2D eigenvalue weighted by atomic mass is 16.7. The van der Waals surface area contributed by atoms with Gasteiger partial charge in [-0.05, 0) is 19.3 Å². The van der Waals surface area contributed by atoms with Gasteiger partial charge in [0.25, 0.3) is 0 Å². The van der Waals surface area contributed by atoms with Gasteiger partial charge in [0.05, 0.1) is 6.07 Å². The summed E-state index contributed by atoms with van der Waals surface area (Å²) in [5.74, 6) is -2.07. The van der Waals surface area contributed by atoms with Crippen LogP contribution in [0.2, 0.25) is 0 Å². The van der Waals surface area contributed by atoms with E-state index in [1.165, 1.54) is 6.20 Å². The first-order valence-electron chi connectivity index (χ1n) is 5.77. The Labute approximate surface area is 106 Å². The van der Waals surface area contributed by atoms with Crippen molar-refractivity contribution < 1.29 is 19.5 Å². The van der Waals surface area contributed by atoms with E-state index in [-0.39, 0.29) is 12.8 Å². The molecule has 0 aliphatic heterocycles. The highest BCUT2D eigenvalue weighted by Crippen LogP contribution is 2.28. The van der Waals surface area contributed by atoms with Crippen LogP contribution in [0, 0.1) is 16.7 Å². The Balaban J connectivity index is 4.71. The van der Waals surface area contributed by atoms with Crippen LogP contribution in [-0.2, 0) is 14.4 Å². The highest BCUT2D eigenvalue weighted by Gasteiger charge is 2.45. The minimum Gasteiger partial charge on any atom is -0.480 e. The summed E-state index contributed by atoms with van der Waals surface area (Å²) in [6.45, 7) is 5.00. The van der Waals surface area contributed by atoms with Crippen molar-refractivity contribution in [2.75, 3.05) is 0 Å². The molecular weight excluding hydrogens is 236 g/mol. The Morgan fingerprint density at radius 1 is 1.39 bits per heavy atom. The summed E-state index contributed by atoms with van der Waals surface area (Å²) in [6, 6.07) is 1.91. The summed E-state index contributed by atoms with van der Waals surface area (Å²) in [7, 11) is 0. The number of aliphatic carboxylic acids is 1. The topological polar surface area (TPSA) is 99.4 Å². The summed E-state index contributed by atoms with van der Waals surface area (Å²) < 4.78 is 0. The number of nitrogens with zero attached hydrogens (tertiary/aromatic N) is 1. The predicted octanol–water partition coefficient (Wildman–Crippen LogP) is 1.74. The molecule has 0 atom stereocenters. The Hall–Kier alpha value is -2.03. The van der Waals surface area contributed by atoms with Crippen LogP contribution in [-0.4, -0.2) is 17.0 Å². The quantitative estimate of drug-likeness (QED) is 0.408. The van der Waals surface area contributed by atoms with Crippen LogP contribution >= 0.6 is 0 Å². The molecular formula is C12H18N2O4. The molecule has 0 radical (unpaired) electrons. The summed E-state index contributed by atoms with van der Waals surface area (Å²) in [4.78, 5) is 27.6. The third-order valence-electron chi connectivity index (χ3n) is 2.92. The van der Waals surface area contributed by atoms with E-state index in [1.54, 1.807) is 20.8 Å². The summed E-state index contributed by atoms with van der Waals surface area (Å²) in [5.41, 5.74) is 1.08. The van der Waals surface area contributed by atoms with Crippen molar-refractivity contribution in [2.24, 2.45) is 5.41 Å². The molecule has 6 heteroatoms. The number of hydroxylamine groups is 1. The third-order valence-corrected chi connectivity index (χ3v) is 2.92. The number of hydrogen-bond donors (Lipinski definition) is 2. The number of carbonyl (C=O) groups is 2. The van der Waals surface area contributed by atoms with Gasteiger partial charge < -0.3 is 9.94 Å². The number of nitrogens with one attached hydrogen (secondary N) is 1. The second kappa shape index (κ2) is 7.33. The van der Waals surface area contributed by atoms with Crippen molar-refractivity contribution in [3.63, 3.8) is 0 Å². The molecule has 18 heavy (non-hydrogen) atoms. The Bertz CT molecular complexity index is 378. The van der Waals surface area contributed by atoms with Gasteiger partial charge in [-0.15, -0.1) is 0 Å². The van der Waals surface area contributed by atoms with E-state index in [1.807, 2.05) is 6.07 Å². The van der Waals surface area contributed by atoms with Gasteiger partial charge in [-0.25, -0.2) is 10.3 Å². The van der Waals surface area contributed by atoms with Crippen molar-refractivity contribution in [3.8, 4) is 6.07 Å². The molecule has 0 bridgehead atoms. The molecule has 0 aromatic heterocycles. The number of carbonyl (C=O) groups excluding carboxylic acids is 1. The molecule has 2 N–H and O–H groups in total. The van der Waals surface area contributed by atoms with Crippen LogP contribution < -0.4 is 5.48 Å². The maximum atomic E-state index is 11.7. The van der Waals surface area contributed by atoms with Gasteiger partial charge in [0.15, 0.2) is 5.41 Å². The van der Waals surface area contributed by atoms with E-state index in [0.29, 0.717) is 12.0 Å². The zero-order valence-electron chi connectivity index (χ0n) is 10.8. The highest BCUT2D eigenvalue weighted by molar-refractivity contribution is 5.98. The molecule has 0 aliphatic carbocycles. The van der Waals surface area contributed by atoms with Gasteiger partial charge >= 0.3 is 11.9 Å². The third kappa shape index (κ3) is 3.48. The lowest BCUT2D eigenvalue weighted by atomic mass is 9.83. The van der Waals surface area contributed by atoms with Gasteiger partial charge in [-0.2, -0.15) is 5.26 Å². The zero-order valence-corrected chi connectivity index (χ0v) is 10.8. The first-order chi connectivity index (χ1) is 8.48. The fourth-order valence-corrected chi connectivity index (χ4v) is 1.39. The Morgan fingerprint density at radius 2 is 1.94 bits per heavy atom. The first kappa shape index (κ1) is 16.0. The lowest BCUT2D eigenvalue weighted by molar-refractivity contribution is -0.173. The standard InChI is InChI=1S/C12H18N2O4/c1-4-9(7-13)8-14-18-11(17)12(5-2,6-3)10(15)16/h8,14H,4-6H2,1-3H3,(H,15,16). The van der Waals surface area contributed by atoms with E-state index in [2.05, 4.69) is 10.3 Å². The zero-order chi connectivity index (χ0) is 14.2. The van der Waals surface area contributed by atoms with Gasteiger partial charge in [0.1, 0.15) is 0 Å². The van der Waals surface area contributed by atoms with Crippen molar-refractivity contribution in [1.82, 2.24) is 5.48 Å². The van der Waals surface area contributed by atoms with Crippen molar-refractivity contribution in [1.29, 1.82) is 5.26 Å². The average Bonchev–Trinajstić information content (AvgIpc) is 2.36. The van der Waals surface area contributed by atoms with E-state index in [9.17, 15) is 9.59 Å². The summed E-state index contributed by atoms with van der Waals surface area (Å²) in [5, 5.41) is 17.7. The molecule has 0 fully saturated rings. The summed E-state index contributed by atoms with van der Waals surface area (Å²) >= 11 is 0. The molecule has 0 amide bonds. The first-order valence-corrected chi connectivity index (χ1v) is 5.77. The van der Waals surface area contributed by atoms with E-state index < -0.39 is 17.4 Å². The van der Waals surface area contributed by atoms with Crippen LogP contribution in [0.4, 0.5) is 0 Å². The van der Waals surface area contributed by atoms with Crippen molar-refractivity contribution in [3.05, 3.63) is 11.8 Å². The maximum absolute atomic E-state index is 11.7. The molecule has 0 aromatic rings. The molecule has 0 saturated heterocycles. The molecule has 0 rings (SSSR count). The van der Waals surface area contributed by atoms with E-state index >= 15 is 0 Å². The minimum absolute atomic E-state index is 0.141. The molecule has 0 spiro atoms. The number of carboxylic acids is 1. The number of hydrogen-bond acceptors (Lipinski definition) is 5. The Kier molecular flexibility index (Phi) is 6.50. The van der Waals surface area contributed by atoms with Gasteiger partial charge in [0.2, 0.25) is 0 Å². The van der Waals surface area contributed by atoms with Crippen molar-refractivity contribution in [2.45, 2.75) is 40.0 Å². The second-order valence-electron chi connectivity index (χ2n) is 3.74. The lowest BCUT2D eigenvalue weighted by Gasteiger charge is -2.23. The molecule has 0 unspecified atom stereocenters. The number of carboxylic acid groups (broad SMARTS) is 1. The maximum Gasteiger partial charge on any atom is 0.349 e. The van der Waals surface area contributed by atoms with Gasteiger partial charge in [-0.1, -0.05) is 20.8 Å².